The van der Waals surface area contributed by atoms with Gasteiger partial charge in [0, 0.05) is 6.54 Å². The average molecular weight is 246 g/mol. The van der Waals surface area contributed by atoms with Gasteiger partial charge in [-0.05, 0) is 6.92 Å². The Morgan fingerprint density at radius 2 is 2.35 bits per heavy atom. The minimum absolute atomic E-state index is 0.123. The molecule has 1 rings (SSSR count). The number of aliphatic hydroxyl groups excluding tert-OH is 1. The number of esters is 1. The van der Waals surface area contributed by atoms with Gasteiger partial charge in [0.2, 0.25) is 0 Å². The fourth-order valence-corrected chi connectivity index (χ4v) is 1.49. The maximum Gasteiger partial charge on any atom is 0.325 e. The molecule has 0 aliphatic carbocycles. The van der Waals surface area contributed by atoms with Crippen molar-refractivity contribution in [1.82, 2.24) is 10.2 Å². The second-order valence-electron chi connectivity index (χ2n) is 3.59. The van der Waals surface area contributed by atoms with Crippen molar-refractivity contribution in [2.75, 3.05) is 39.5 Å². The van der Waals surface area contributed by atoms with Gasteiger partial charge in [0.1, 0.15) is 6.54 Å². The molecule has 2 N–H and O–H groups in total. The highest BCUT2D eigenvalue weighted by atomic mass is 16.5. The first kappa shape index (κ1) is 13.7. The van der Waals surface area contributed by atoms with Gasteiger partial charge in [0.15, 0.2) is 0 Å². The van der Waals surface area contributed by atoms with Crippen molar-refractivity contribution in [2.24, 2.45) is 0 Å². The molecule has 7 nitrogen and oxygen atoms in total. The van der Waals surface area contributed by atoms with Crippen molar-refractivity contribution in [1.29, 1.82) is 0 Å². The second kappa shape index (κ2) is 7.08. The summed E-state index contributed by atoms with van der Waals surface area (Å²) in [5.41, 5.74) is 0. The number of carbonyl (C=O) groups is 2. The smallest absolute Gasteiger partial charge is 0.325 e. The molecule has 1 unspecified atom stereocenters. The molecule has 0 bridgehead atoms. The third kappa shape index (κ3) is 4.58. The molecule has 0 aromatic rings. The van der Waals surface area contributed by atoms with Crippen LogP contribution in [0.4, 0.5) is 4.79 Å². The Hall–Kier alpha value is -1.34. The lowest BCUT2D eigenvalue weighted by Gasteiger charge is -2.31. The van der Waals surface area contributed by atoms with E-state index in [0.29, 0.717) is 26.3 Å². The number of carbonyl (C=O) groups excluding carboxylic acids is 2. The summed E-state index contributed by atoms with van der Waals surface area (Å²) in [6.07, 6.45) is -0.350. The topological polar surface area (TPSA) is 88.1 Å². The molecule has 0 aromatic carbocycles. The number of hydrogen-bond acceptors (Lipinski definition) is 5. The SMILES string of the molecule is CCOC(=O)CNC(=O)N1CCOC(CO)C1. The first-order chi connectivity index (χ1) is 8.17. The number of amides is 2. The summed E-state index contributed by atoms with van der Waals surface area (Å²) in [5, 5.41) is 11.4. The van der Waals surface area contributed by atoms with Crippen molar-refractivity contribution in [3.8, 4) is 0 Å². The van der Waals surface area contributed by atoms with E-state index in [9.17, 15) is 9.59 Å². The fraction of sp³-hybridized carbons (Fsp3) is 0.800. The van der Waals surface area contributed by atoms with Gasteiger partial charge >= 0.3 is 12.0 Å². The van der Waals surface area contributed by atoms with Crippen molar-refractivity contribution in [2.45, 2.75) is 13.0 Å². The first-order valence-electron chi connectivity index (χ1n) is 5.58. The molecule has 17 heavy (non-hydrogen) atoms. The maximum absolute atomic E-state index is 11.6. The van der Waals surface area contributed by atoms with Gasteiger partial charge in [-0.2, -0.15) is 0 Å². The van der Waals surface area contributed by atoms with Gasteiger partial charge in [0.05, 0.1) is 32.5 Å². The van der Waals surface area contributed by atoms with E-state index in [1.54, 1.807) is 6.92 Å². The van der Waals surface area contributed by atoms with Crippen LogP contribution < -0.4 is 5.32 Å². The van der Waals surface area contributed by atoms with Crippen LogP contribution >= 0.6 is 0 Å². The van der Waals surface area contributed by atoms with E-state index in [2.05, 4.69) is 10.1 Å². The minimum atomic E-state index is -0.465. The number of nitrogens with one attached hydrogen (secondary N) is 1. The van der Waals surface area contributed by atoms with Crippen LogP contribution in [0.15, 0.2) is 0 Å². The van der Waals surface area contributed by atoms with Crippen molar-refractivity contribution >= 4 is 12.0 Å². The number of morpholine rings is 1. The lowest BCUT2D eigenvalue weighted by molar-refractivity contribution is -0.141. The summed E-state index contributed by atoms with van der Waals surface area (Å²) < 4.78 is 9.89. The number of nitrogens with zero attached hydrogens (tertiary/aromatic N) is 1. The van der Waals surface area contributed by atoms with Gasteiger partial charge < -0.3 is 24.8 Å². The van der Waals surface area contributed by atoms with Crippen LogP contribution in [0.3, 0.4) is 0 Å². The predicted molar refractivity (Wildman–Crippen MR) is 58.4 cm³/mol. The largest absolute Gasteiger partial charge is 0.465 e. The molecule has 0 spiro atoms. The Morgan fingerprint density at radius 3 is 3.00 bits per heavy atom. The third-order valence-electron chi connectivity index (χ3n) is 2.32. The molecule has 1 saturated heterocycles. The van der Waals surface area contributed by atoms with Crippen LogP contribution in [0.25, 0.3) is 0 Å². The molecule has 7 heteroatoms. The van der Waals surface area contributed by atoms with Gasteiger partial charge in [-0.15, -0.1) is 0 Å². The molecule has 0 aromatic heterocycles. The molecule has 98 valence electrons. The molecule has 0 saturated carbocycles. The maximum atomic E-state index is 11.6. The summed E-state index contributed by atoms with van der Waals surface area (Å²) in [7, 11) is 0. The van der Waals surface area contributed by atoms with Gasteiger partial charge in [-0.25, -0.2) is 4.79 Å². The number of aliphatic hydroxyl groups is 1. The lowest BCUT2D eigenvalue weighted by Crippen LogP contribution is -2.51. The lowest BCUT2D eigenvalue weighted by atomic mass is 10.3. The van der Waals surface area contributed by atoms with Crippen LogP contribution in [0, 0.1) is 0 Å². The van der Waals surface area contributed by atoms with Crippen molar-refractivity contribution < 1.29 is 24.2 Å². The van der Waals surface area contributed by atoms with Crippen molar-refractivity contribution in [3.63, 3.8) is 0 Å². The predicted octanol–water partition coefficient (Wildman–Crippen LogP) is -1.05. The van der Waals surface area contributed by atoms with E-state index >= 15 is 0 Å². The van der Waals surface area contributed by atoms with Crippen LogP contribution in [-0.4, -0.2) is 67.6 Å². The molecular formula is C10H18N2O5. The quantitative estimate of drug-likeness (QED) is 0.618. The van der Waals surface area contributed by atoms with Crippen LogP contribution in [0.2, 0.25) is 0 Å². The normalized spacial score (nSPS) is 19.9. The summed E-state index contributed by atoms with van der Waals surface area (Å²) in [4.78, 5) is 24.2. The van der Waals surface area contributed by atoms with E-state index in [0.717, 1.165) is 0 Å². The zero-order chi connectivity index (χ0) is 12.7. The summed E-state index contributed by atoms with van der Waals surface area (Å²) >= 11 is 0. The molecule has 1 aliphatic rings. The molecule has 1 aliphatic heterocycles. The average Bonchev–Trinajstić information content (AvgIpc) is 2.36. The number of urea groups is 1. The van der Waals surface area contributed by atoms with Gasteiger partial charge in [0.25, 0.3) is 0 Å². The van der Waals surface area contributed by atoms with Crippen LogP contribution in [0.5, 0.6) is 0 Å². The fourth-order valence-electron chi connectivity index (χ4n) is 1.49. The Morgan fingerprint density at radius 1 is 1.59 bits per heavy atom. The highest BCUT2D eigenvalue weighted by Crippen LogP contribution is 2.04. The molecule has 2 amide bonds. The minimum Gasteiger partial charge on any atom is -0.465 e. The molecular weight excluding hydrogens is 228 g/mol. The number of ether oxygens (including phenoxy) is 2. The summed E-state index contributed by atoms with van der Waals surface area (Å²) in [5.74, 6) is -0.465. The highest BCUT2D eigenvalue weighted by molar-refractivity contribution is 5.80. The Balaban J connectivity index is 2.29. The zero-order valence-electron chi connectivity index (χ0n) is 9.85. The van der Waals surface area contributed by atoms with Crippen LogP contribution in [0.1, 0.15) is 6.92 Å². The highest BCUT2D eigenvalue weighted by Gasteiger charge is 2.23. The molecule has 0 radical (unpaired) electrons. The van der Waals surface area contributed by atoms with E-state index < -0.39 is 5.97 Å². The van der Waals surface area contributed by atoms with Gasteiger partial charge in [-0.1, -0.05) is 0 Å². The Kier molecular flexibility index (Phi) is 5.71. The standard InChI is InChI=1S/C10H18N2O5/c1-2-16-9(14)5-11-10(15)12-3-4-17-8(6-12)7-13/h8,13H,2-7H2,1H3,(H,11,15). The summed E-state index contributed by atoms with van der Waals surface area (Å²) in [6, 6.07) is -0.347. The summed E-state index contributed by atoms with van der Waals surface area (Å²) in [6.45, 7) is 2.89. The Labute approximate surface area is 99.7 Å². The molecule has 1 heterocycles. The van der Waals surface area contributed by atoms with Crippen LogP contribution in [-0.2, 0) is 14.3 Å². The van der Waals surface area contributed by atoms with Crippen molar-refractivity contribution in [3.05, 3.63) is 0 Å². The van der Waals surface area contributed by atoms with E-state index in [1.807, 2.05) is 0 Å². The first-order valence-corrected chi connectivity index (χ1v) is 5.58. The van der Waals surface area contributed by atoms with E-state index in [1.165, 1.54) is 4.90 Å². The number of hydrogen-bond donors (Lipinski definition) is 2. The molecule has 1 fully saturated rings. The second-order valence-corrected chi connectivity index (χ2v) is 3.59. The molecule has 1 atom stereocenters. The number of rotatable bonds is 4. The zero-order valence-corrected chi connectivity index (χ0v) is 9.85. The third-order valence-corrected chi connectivity index (χ3v) is 2.32. The van der Waals surface area contributed by atoms with Gasteiger partial charge in [-0.3, -0.25) is 4.79 Å². The Bertz CT molecular complexity index is 271. The van der Waals surface area contributed by atoms with E-state index in [4.69, 9.17) is 9.84 Å². The monoisotopic (exact) mass is 246 g/mol. The van der Waals surface area contributed by atoms with E-state index in [-0.39, 0.29) is 25.3 Å².